The van der Waals surface area contributed by atoms with E-state index in [9.17, 15) is 9.59 Å². The van der Waals surface area contributed by atoms with Crippen molar-refractivity contribution in [3.05, 3.63) is 52.2 Å². The molecule has 2 amide bonds. The van der Waals surface area contributed by atoms with Crippen LogP contribution in [0.25, 0.3) is 0 Å². The molecule has 1 fully saturated rings. The van der Waals surface area contributed by atoms with Gasteiger partial charge in [-0.3, -0.25) is 9.59 Å². The fourth-order valence-corrected chi connectivity index (χ4v) is 4.03. The number of hydrogen-bond donors (Lipinski definition) is 0. The van der Waals surface area contributed by atoms with E-state index < -0.39 is 6.04 Å². The van der Waals surface area contributed by atoms with Crippen LogP contribution in [0, 0.1) is 0 Å². The summed E-state index contributed by atoms with van der Waals surface area (Å²) in [6, 6.07) is 11.3. The molecule has 0 bridgehead atoms. The predicted molar refractivity (Wildman–Crippen MR) is 92.0 cm³/mol. The van der Waals surface area contributed by atoms with Crippen molar-refractivity contribution >= 4 is 28.8 Å². The highest BCUT2D eigenvalue weighted by molar-refractivity contribution is 7.09. The van der Waals surface area contributed by atoms with Gasteiger partial charge in [-0.2, -0.15) is 0 Å². The summed E-state index contributed by atoms with van der Waals surface area (Å²) < 4.78 is 5.38. The van der Waals surface area contributed by atoms with Gasteiger partial charge >= 0.3 is 0 Å². The normalized spacial score (nSPS) is 20.3. The number of carbonyl (C=O) groups is 2. The average Bonchev–Trinajstić information content (AvgIpc) is 3.25. The summed E-state index contributed by atoms with van der Waals surface area (Å²) in [4.78, 5) is 30.0. The molecule has 0 saturated carbocycles. The van der Waals surface area contributed by atoms with Crippen LogP contribution < -0.4 is 4.90 Å². The van der Waals surface area contributed by atoms with Gasteiger partial charge in [0, 0.05) is 17.1 Å². The Morgan fingerprint density at radius 3 is 2.96 bits per heavy atom. The first-order valence-electron chi connectivity index (χ1n) is 8.03. The van der Waals surface area contributed by atoms with Gasteiger partial charge in [0.15, 0.2) is 0 Å². The topological polar surface area (TPSA) is 49.9 Å². The van der Waals surface area contributed by atoms with Crippen LogP contribution in [0.3, 0.4) is 0 Å². The first-order chi connectivity index (χ1) is 11.7. The molecule has 0 aliphatic carbocycles. The molecule has 6 heteroatoms. The molecule has 2 aliphatic rings. The minimum Gasteiger partial charge on any atom is -0.369 e. The quantitative estimate of drug-likeness (QED) is 0.858. The number of morpholine rings is 1. The smallest absolute Gasteiger partial charge is 0.252 e. The van der Waals surface area contributed by atoms with E-state index in [1.54, 1.807) is 21.1 Å². The van der Waals surface area contributed by atoms with Gasteiger partial charge in [0.2, 0.25) is 5.91 Å². The summed E-state index contributed by atoms with van der Waals surface area (Å²) in [6.07, 6.45) is 0.856. The first-order valence-corrected chi connectivity index (χ1v) is 8.91. The summed E-state index contributed by atoms with van der Waals surface area (Å²) in [5, 5.41) is 1.98. The molecule has 0 N–H and O–H groups in total. The third-order valence-corrected chi connectivity index (χ3v) is 5.40. The van der Waals surface area contributed by atoms with Crippen LogP contribution in [0.4, 0.5) is 5.69 Å². The Hall–Kier alpha value is -2.18. The van der Waals surface area contributed by atoms with E-state index in [1.807, 2.05) is 35.7 Å². The molecule has 4 rings (SSSR count). The molecule has 24 heavy (non-hydrogen) atoms. The summed E-state index contributed by atoms with van der Waals surface area (Å²) >= 11 is 1.59. The molecule has 0 radical (unpaired) electrons. The Labute approximate surface area is 144 Å². The maximum absolute atomic E-state index is 13.1. The lowest BCUT2D eigenvalue weighted by Crippen LogP contribution is -2.56. The molecule has 5 nitrogen and oxygen atoms in total. The Bertz CT molecular complexity index is 759. The second-order valence-electron chi connectivity index (χ2n) is 6.00. The van der Waals surface area contributed by atoms with Gasteiger partial charge in [0.25, 0.3) is 5.91 Å². The van der Waals surface area contributed by atoms with Gasteiger partial charge < -0.3 is 14.5 Å². The van der Waals surface area contributed by atoms with E-state index in [0.29, 0.717) is 13.1 Å². The lowest BCUT2D eigenvalue weighted by Gasteiger charge is -2.36. The fourth-order valence-electron chi connectivity index (χ4n) is 3.33. The van der Waals surface area contributed by atoms with Crippen molar-refractivity contribution < 1.29 is 14.3 Å². The lowest BCUT2D eigenvalue weighted by atomic mass is 10.1. The average molecular weight is 342 g/mol. The Morgan fingerprint density at radius 1 is 1.25 bits per heavy atom. The molecular weight excluding hydrogens is 324 g/mol. The van der Waals surface area contributed by atoms with Gasteiger partial charge in [-0.15, -0.1) is 11.3 Å². The number of amides is 2. The fraction of sp³-hybridized carbons (Fsp3) is 0.333. The number of carbonyl (C=O) groups excluding carboxylic acids is 2. The van der Waals surface area contributed by atoms with Crippen molar-refractivity contribution in [1.82, 2.24) is 4.90 Å². The summed E-state index contributed by atoms with van der Waals surface area (Å²) in [5.41, 5.74) is 2.13. The van der Waals surface area contributed by atoms with Crippen molar-refractivity contribution in [2.45, 2.75) is 19.0 Å². The van der Waals surface area contributed by atoms with E-state index in [2.05, 4.69) is 6.07 Å². The van der Waals surface area contributed by atoms with Crippen molar-refractivity contribution in [2.75, 3.05) is 24.7 Å². The van der Waals surface area contributed by atoms with Crippen molar-refractivity contribution in [3.63, 3.8) is 0 Å². The maximum atomic E-state index is 13.1. The van der Waals surface area contributed by atoms with Crippen molar-refractivity contribution in [3.8, 4) is 0 Å². The summed E-state index contributed by atoms with van der Waals surface area (Å²) in [6.45, 7) is 1.43. The molecule has 124 valence electrons. The van der Waals surface area contributed by atoms with Crippen LogP contribution >= 0.6 is 11.3 Å². The number of thiophene rings is 1. The molecule has 1 aromatic carbocycles. The zero-order valence-electron chi connectivity index (χ0n) is 13.2. The number of anilines is 1. The van der Waals surface area contributed by atoms with Crippen LogP contribution in [-0.2, 0) is 27.3 Å². The minimum absolute atomic E-state index is 0.0474. The number of fused-ring (bicyclic) bond motifs is 1. The largest absolute Gasteiger partial charge is 0.369 e. The van der Waals surface area contributed by atoms with E-state index >= 15 is 0 Å². The van der Waals surface area contributed by atoms with Gasteiger partial charge in [-0.1, -0.05) is 24.3 Å². The second-order valence-corrected chi connectivity index (χ2v) is 7.03. The maximum Gasteiger partial charge on any atom is 0.252 e. The number of rotatable bonds is 3. The molecule has 3 heterocycles. The highest BCUT2D eigenvalue weighted by Gasteiger charge is 2.38. The monoisotopic (exact) mass is 342 g/mol. The number of nitrogens with zero attached hydrogens (tertiary/aromatic N) is 2. The van der Waals surface area contributed by atoms with Crippen LogP contribution in [0.5, 0.6) is 0 Å². The number of para-hydroxylation sites is 1. The Morgan fingerprint density at radius 2 is 2.12 bits per heavy atom. The number of ether oxygens (including phenoxy) is 1. The first kappa shape index (κ1) is 15.4. The molecule has 1 aromatic heterocycles. The molecule has 2 aromatic rings. The van der Waals surface area contributed by atoms with E-state index in [-0.39, 0.29) is 25.0 Å². The second kappa shape index (κ2) is 6.37. The van der Waals surface area contributed by atoms with Gasteiger partial charge in [0.1, 0.15) is 12.6 Å². The third-order valence-electron chi connectivity index (χ3n) is 4.54. The lowest BCUT2D eigenvalue weighted by molar-refractivity contribution is -0.154. The number of benzene rings is 1. The van der Waals surface area contributed by atoms with Crippen LogP contribution in [0.1, 0.15) is 10.4 Å². The predicted octanol–water partition coefficient (Wildman–Crippen LogP) is 2.06. The Kier molecular flexibility index (Phi) is 4.08. The molecule has 2 aliphatic heterocycles. The van der Waals surface area contributed by atoms with Crippen LogP contribution in [0.15, 0.2) is 41.8 Å². The number of hydrogen-bond acceptors (Lipinski definition) is 4. The highest BCUT2D eigenvalue weighted by Crippen LogP contribution is 2.29. The zero-order chi connectivity index (χ0) is 16.5. The van der Waals surface area contributed by atoms with Crippen molar-refractivity contribution in [1.29, 1.82) is 0 Å². The van der Waals surface area contributed by atoms with Crippen LogP contribution in [-0.4, -0.2) is 42.5 Å². The van der Waals surface area contributed by atoms with E-state index in [1.165, 1.54) is 5.56 Å². The summed E-state index contributed by atoms with van der Waals surface area (Å²) in [5.74, 6) is -0.176. The summed E-state index contributed by atoms with van der Waals surface area (Å²) in [7, 11) is 0. The molecule has 0 spiro atoms. The van der Waals surface area contributed by atoms with Crippen LogP contribution in [0.2, 0.25) is 0 Å². The molecule has 1 atom stereocenters. The van der Waals surface area contributed by atoms with E-state index in [0.717, 1.165) is 17.0 Å². The Balaban J connectivity index is 1.59. The van der Waals surface area contributed by atoms with Crippen molar-refractivity contribution in [2.24, 2.45) is 0 Å². The zero-order valence-corrected chi connectivity index (χ0v) is 14.0. The highest BCUT2D eigenvalue weighted by atomic mass is 32.1. The molecule has 1 saturated heterocycles. The van der Waals surface area contributed by atoms with Gasteiger partial charge in [-0.25, -0.2) is 0 Å². The molecule has 1 unspecified atom stereocenters. The van der Waals surface area contributed by atoms with Gasteiger partial charge in [-0.05, 0) is 29.5 Å². The van der Waals surface area contributed by atoms with E-state index in [4.69, 9.17) is 4.74 Å². The minimum atomic E-state index is -0.556. The van der Waals surface area contributed by atoms with Gasteiger partial charge in [0.05, 0.1) is 13.2 Å². The SMILES string of the molecule is O=C(C1COCC(=O)N1Cc1cccs1)N1CCc2ccccc21. The molecular formula is C18H18N2O3S. The third kappa shape index (κ3) is 2.72. The standard InChI is InChI=1S/C18H18N2O3S/c21-17-12-23-11-16(20(17)10-14-5-3-9-24-14)18(22)19-8-7-13-4-1-2-6-15(13)19/h1-6,9,16H,7-8,10-12H2.